The molecule has 0 aliphatic carbocycles. The van der Waals surface area contributed by atoms with Crippen molar-refractivity contribution in [2.45, 2.75) is 13.8 Å². The van der Waals surface area contributed by atoms with E-state index < -0.39 is 11.7 Å². The predicted octanol–water partition coefficient (Wildman–Crippen LogP) is 1.83. The van der Waals surface area contributed by atoms with Crippen molar-refractivity contribution in [1.82, 2.24) is 9.97 Å². The van der Waals surface area contributed by atoms with E-state index in [2.05, 4.69) is 9.97 Å². The quantitative estimate of drug-likeness (QED) is 0.752. The van der Waals surface area contributed by atoms with E-state index in [-0.39, 0.29) is 5.56 Å². The highest BCUT2D eigenvalue weighted by Crippen LogP contribution is 2.16. The molecule has 4 nitrogen and oxygen atoms in total. The van der Waals surface area contributed by atoms with Crippen LogP contribution in [0.3, 0.4) is 0 Å². The second-order valence-electron chi connectivity index (χ2n) is 2.62. The molecule has 1 amide bonds. The summed E-state index contributed by atoms with van der Waals surface area (Å²) in [5.41, 5.74) is 5.77. The van der Waals surface area contributed by atoms with Crippen LogP contribution in [0, 0.1) is 5.82 Å². The average molecular weight is 209 g/mol. The monoisotopic (exact) mass is 209 g/mol. The number of carbonyl (C=O) groups is 1. The molecule has 0 unspecified atom stereocenters. The fraction of sp³-hybridized carbons (Fsp3) is 0.200. The molecule has 2 rings (SSSR count). The SMILES string of the molecule is CC.NC(=O)c1c[nH]c2ncc(F)cc12. The first-order chi connectivity index (χ1) is 7.18. The Morgan fingerprint density at radius 1 is 1.53 bits per heavy atom. The Balaban J connectivity index is 0.000000531. The van der Waals surface area contributed by atoms with Gasteiger partial charge in [0.05, 0.1) is 11.8 Å². The van der Waals surface area contributed by atoms with E-state index in [1.807, 2.05) is 13.8 Å². The summed E-state index contributed by atoms with van der Waals surface area (Å²) in [5, 5.41) is 0.410. The minimum Gasteiger partial charge on any atom is -0.366 e. The van der Waals surface area contributed by atoms with Gasteiger partial charge in [0.15, 0.2) is 0 Å². The molecule has 15 heavy (non-hydrogen) atoms. The topological polar surface area (TPSA) is 71.8 Å². The molecule has 0 saturated carbocycles. The number of pyridine rings is 1. The van der Waals surface area contributed by atoms with E-state index in [4.69, 9.17) is 5.73 Å². The number of rotatable bonds is 1. The van der Waals surface area contributed by atoms with E-state index in [1.54, 1.807) is 0 Å². The number of nitrogens with two attached hydrogens (primary N) is 1. The van der Waals surface area contributed by atoms with Gasteiger partial charge in [-0.1, -0.05) is 13.8 Å². The van der Waals surface area contributed by atoms with Gasteiger partial charge in [0.25, 0.3) is 5.91 Å². The smallest absolute Gasteiger partial charge is 0.250 e. The molecule has 0 fully saturated rings. The molecule has 0 aliphatic heterocycles. The Kier molecular flexibility index (Phi) is 3.38. The number of halogens is 1. The fourth-order valence-electron chi connectivity index (χ4n) is 1.18. The number of aromatic amines is 1. The lowest BCUT2D eigenvalue weighted by atomic mass is 10.2. The summed E-state index contributed by atoms with van der Waals surface area (Å²) in [6.07, 6.45) is 2.49. The maximum Gasteiger partial charge on any atom is 0.250 e. The van der Waals surface area contributed by atoms with Crippen molar-refractivity contribution < 1.29 is 9.18 Å². The predicted molar refractivity (Wildman–Crippen MR) is 55.9 cm³/mol. The number of nitrogens with one attached hydrogen (secondary N) is 1. The highest BCUT2D eigenvalue weighted by atomic mass is 19.1. The largest absolute Gasteiger partial charge is 0.366 e. The van der Waals surface area contributed by atoms with Crippen molar-refractivity contribution >= 4 is 16.9 Å². The summed E-state index contributed by atoms with van der Waals surface area (Å²) in [6, 6.07) is 1.22. The van der Waals surface area contributed by atoms with Gasteiger partial charge in [-0.3, -0.25) is 4.79 Å². The van der Waals surface area contributed by atoms with E-state index in [9.17, 15) is 9.18 Å². The van der Waals surface area contributed by atoms with Gasteiger partial charge in [-0.2, -0.15) is 0 Å². The molecule has 80 valence electrons. The van der Waals surface area contributed by atoms with Gasteiger partial charge in [-0.25, -0.2) is 9.37 Å². The minimum absolute atomic E-state index is 0.252. The van der Waals surface area contributed by atoms with E-state index in [1.165, 1.54) is 12.3 Å². The van der Waals surface area contributed by atoms with Crippen molar-refractivity contribution in [2.24, 2.45) is 5.73 Å². The van der Waals surface area contributed by atoms with Crippen LogP contribution >= 0.6 is 0 Å². The van der Waals surface area contributed by atoms with Crippen LogP contribution in [0.4, 0.5) is 4.39 Å². The van der Waals surface area contributed by atoms with Crippen LogP contribution in [-0.4, -0.2) is 15.9 Å². The van der Waals surface area contributed by atoms with E-state index in [0.717, 1.165) is 6.20 Å². The highest BCUT2D eigenvalue weighted by Gasteiger charge is 2.09. The first-order valence-electron chi connectivity index (χ1n) is 4.61. The fourth-order valence-corrected chi connectivity index (χ4v) is 1.18. The van der Waals surface area contributed by atoms with E-state index >= 15 is 0 Å². The van der Waals surface area contributed by atoms with Crippen LogP contribution in [0.15, 0.2) is 18.5 Å². The molecule has 5 heteroatoms. The molecular formula is C10H12FN3O. The number of H-pyrrole nitrogens is 1. The Hall–Kier alpha value is -1.91. The Bertz CT molecular complexity index is 478. The van der Waals surface area contributed by atoms with Crippen LogP contribution in [0.1, 0.15) is 24.2 Å². The van der Waals surface area contributed by atoms with Crippen molar-refractivity contribution in [3.05, 3.63) is 29.8 Å². The van der Waals surface area contributed by atoms with Crippen molar-refractivity contribution in [3.8, 4) is 0 Å². The molecule has 2 aromatic heterocycles. The normalized spacial score (nSPS) is 9.53. The van der Waals surface area contributed by atoms with Gasteiger partial charge in [0.1, 0.15) is 11.5 Å². The summed E-state index contributed by atoms with van der Waals surface area (Å²) in [4.78, 5) is 17.3. The van der Waals surface area contributed by atoms with Crippen LogP contribution in [0.2, 0.25) is 0 Å². The van der Waals surface area contributed by atoms with Gasteiger partial charge < -0.3 is 10.7 Å². The maximum atomic E-state index is 12.7. The third-order valence-corrected chi connectivity index (χ3v) is 1.76. The molecule has 0 atom stereocenters. The summed E-state index contributed by atoms with van der Waals surface area (Å²) >= 11 is 0. The lowest BCUT2D eigenvalue weighted by molar-refractivity contribution is 0.100. The molecule has 0 radical (unpaired) electrons. The lowest BCUT2D eigenvalue weighted by Crippen LogP contribution is -2.09. The number of aromatic nitrogens is 2. The van der Waals surface area contributed by atoms with Crippen LogP contribution in [-0.2, 0) is 0 Å². The number of fused-ring (bicyclic) bond motifs is 1. The zero-order valence-corrected chi connectivity index (χ0v) is 8.54. The number of hydrogen-bond acceptors (Lipinski definition) is 2. The molecule has 2 heterocycles. The van der Waals surface area contributed by atoms with Crippen molar-refractivity contribution in [3.63, 3.8) is 0 Å². The Labute approximate surface area is 86.3 Å². The zero-order chi connectivity index (χ0) is 11.4. The lowest BCUT2D eigenvalue weighted by Gasteiger charge is -1.91. The summed E-state index contributed by atoms with van der Waals surface area (Å²) < 4.78 is 12.7. The third kappa shape index (κ3) is 2.12. The van der Waals surface area contributed by atoms with Crippen LogP contribution < -0.4 is 5.73 Å². The molecule has 3 N–H and O–H groups in total. The molecule has 0 bridgehead atoms. The third-order valence-electron chi connectivity index (χ3n) is 1.76. The summed E-state index contributed by atoms with van der Waals surface area (Å²) in [7, 11) is 0. The maximum absolute atomic E-state index is 12.7. The standard InChI is InChI=1S/C8H6FN3O.C2H6/c9-4-1-5-6(7(10)13)3-12-8(5)11-2-4;1-2/h1-3H,(H2,10,13)(H,11,12);1-2H3. The molecule has 0 aliphatic rings. The average Bonchev–Trinajstić information content (AvgIpc) is 2.63. The highest BCUT2D eigenvalue weighted by molar-refractivity contribution is 6.05. The van der Waals surface area contributed by atoms with Gasteiger partial charge >= 0.3 is 0 Å². The van der Waals surface area contributed by atoms with Crippen molar-refractivity contribution in [2.75, 3.05) is 0 Å². The number of carbonyl (C=O) groups excluding carboxylic acids is 1. The Morgan fingerprint density at radius 3 is 2.80 bits per heavy atom. The molecular weight excluding hydrogens is 197 g/mol. The second kappa shape index (κ2) is 4.54. The molecule has 0 saturated heterocycles. The van der Waals surface area contributed by atoms with Gasteiger partial charge in [-0.05, 0) is 6.07 Å². The number of nitrogens with zero attached hydrogens (tertiary/aromatic N) is 1. The van der Waals surface area contributed by atoms with Crippen molar-refractivity contribution in [1.29, 1.82) is 0 Å². The van der Waals surface area contributed by atoms with Crippen LogP contribution in [0.25, 0.3) is 11.0 Å². The van der Waals surface area contributed by atoms with E-state index in [0.29, 0.717) is 11.0 Å². The minimum atomic E-state index is -0.598. The number of hydrogen-bond donors (Lipinski definition) is 2. The molecule has 2 aromatic rings. The summed E-state index contributed by atoms with van der Waals surface area (Å²) in [6.45, 7) is 4.00. The number of primary amides is 1. The molecule has 0 aromatic carbocycles. The van der Waals surface area contributed by atoms with Gasteiger partial charge in [-0.15, -0.1) is 0 Å². The first-order valence-corrected chi connectivity index (χ1v) is 4.61. The second-order valence-corrected chi connectivity index (χ2v) is 2.62. The molecule has 0 spiro atoms. The first kappa shape index (κ1) is 11.2. The Morgan fingerprint density at radius 2 is 2.20 bits per heavy atom. The zero-order valence-electron chi connectivity index (χ0n) is 8.54. The van der Waals surface area contributed by atoms with Gasteiger partial charge in [0.2, 0.25) is 0 Å². The van der Waals surface area contributed by atoms with Crippen LogP contribution in [0.5, 0.6) is 0 Å². The van der Waals surface area contributed by atoms with Gasteiger partial charge in [0, 0.05) is 11.6 Å². The number of amides is 1. The summed E-state index contributed by atoms with van der Waals surface area (Å²) in [5.74, 6) is -1.09.